The Kier molecular flexibility index (Phi) is 7.85. The molecule has 116 valence electrons. The van der Waals surface area contributed by atoms with Crippen LogP contribution in [0.25, 0.3) is 0 Å². The van der Waals surface area contributed by atoms with E-state index < -0.39 is 5.97 Å². The second-order valence-corrected chi connectivity index (χ2v) is 5.82. The number of carboxylic acids is 1. The maximum atomic E-state index is 11.7. The van der Waals surface area contributed by atoms with Crippen LogP contribution in [0.4, 0.5) is 5.69 Å². The number of benzene rings is 1. The molecule has 1 aromatic rings. The summed E-state index contributed by atoms with van der Waals surface area (Å²) in [5.41, 5.74) is 1.67. The molecule has 1 atom stereocenters. The van der Waals surface area contributed by atoms with Gasteiger partial charge in [-0.3, -0.25) is 9.59 Å². The molecule has 0 aromatic heterocycles. The van der Waals surface area contributed by atoms with E-state index in [1.807, 2.05) is 19.1 Å². The van der Waals surface area contributed by atoms with Gasteiger partial charge in [0.2, 0.25) is 5.91 Å². The van der Waals surface area contributed by atoms with Crippen LogP contribution in [0.5, 0.6) is 0 Å². The van der Waals surface area contributed by atoms with E-state index in [1.165, 1.54) is 11.8 Å². The number of ether oxygens (including phenoxy) is 1. The summed E-state index contributed by atoms with van der Waals surface area (Å²) in [5.74, 6) is 0.267. The number of carbonyl (C=O) groups excluding carboxylic acids is 1. The van der Waals surface area contributed by atoms with Gasteiger partial charge in [0.25, 0.3) is 0 Å². The van der Waals surface area contributed by atoms with Gasteiger partial charge in [-0.25, -0.2) is 0 Å². The molecule has 5 nitrogen and oxygen atoms in total. The van der Waals surface area contributed by atoms with Crippen molar-refractivity contribution in [2.45, 2.75) is 19.3 Å². The number of rotatable bonds is 9. The third-order valence-electron chi connectivity index (χ3n) is 2.91. The number of nitrogens with one attached hydrogen (secondary N) is 1. The van der Waals surface area contributed by atoms with Gasteiger partial charge in [-0.15, -0.1) is 11.8 Å². The Bertz CT molecular complexity index is 461. The average molecular weight is 311 g/mol. The molecule has 21 heavy (non-hydrogen) atoms. The van der Waals surface area contributed by atoms with E-state index in [-0.39, 0.29) is 18.2 Å². The first-order valence-corrected chi connectivity index (χ1v) is 7.86. The highest BCUT2D eigenvalue weighted by atomic mass is 32.2. The van der Waals surface area contributed by atoms with E-state index >= 15 is 0 Å². The van der Waals surface area contributed by atoms with E-state index in [1.54, 1.807) is 19.2 Å². The normalized spacial score (nSPS) is 11.9. The summed E-state index contributed by atoms with van der Waals surface area (Å²) in [6, 6.07) is 7.29. The Morgan fingerprint density at radius 1 is 1.33 bits per heavy atom. The van der Waals surface area contributed by atoms with Crippen molar-refractivity contribution in [3.05, 3.63) is 29.8 Å². The lowest BCUT2D eigenvalue weighted by Crippen LogP contribution is -2.14. The molecule has 0 saturated carbocycles. The molecule has 0 aliphatic heterocycles. The van der Waals surface area contributed by atoms with Crippen molar-refractivity contribution < 1.29 is 19.4 Å². The number of hydrogen-bond donors (Lipinski definition) is 2. The molecule has 0 aliphatic rings. The zero-order chi connectivity index (χ0) is 15.7. The van der Waals surface area contributed by atoms with Gasteiger partial charge in [0.1, 0.15) is 0 Å². The van der Waals surface area contributed by atoms with Crippen LogP contribution >= 0.6 is 11.8 Å². The topological polar surface area (TPSA) is 75.6 Å². The maximum absolute atomic E-state index is 11.7. The lowest BCUT2D eigenvalue weighted by Gasteiger charge is -2.10. The largest absolute Gasteiger partial charge is 0.481 e. The summed E-state index contributed by atoms with van der Waals surface area (Å²) in [6.07, 6.45) is 0.0991. The van der Waals surface area contributed by atoms with Gasteiger partial charge in [-0.2, -0.15) is 0 Å². The summed E-state index contributed by atoms with van der Waals surface area (Å²) in [4.78, 5) is 22.4. The third kappa shape index (κ3) is 7.15. The second-order valence-electron chi connectivity index (χ2n) is 4.71. The second kappa shape index (κ2) is 9.41. The molecule has 0 aliphatic carbocycles. The molecule has 0 fully saturated rings. The Labute approximate surface area is 129 Å². The van der Waals surface area contributed by atoms with Crippen molar-refractivity contribution in [3.63, 3.8) is 0 Å². The van der Waals surface area contributed by atoms with E-state index in [2.05, 4.69) is 5.32 Å². The predicted octanol–water partition coefficient (Wildman–Crippen LogP) is 2.58. The highest BCUT2D eigenvalue weighted by Crippen LogP contribution is 2.21. The van der Waals surface area contributed by atoms with E-state index in [4.69, 9.17) is 9.84 Å². The van der Waals surface area contributed by atoms with Crippen LogP contribution in [0.2, 0.25) is 0 Å². The summed E-state index contributed by atoms with van der Waals surface area (Å²) < 4.78 is 4.91. The number of hydrogen-bond acceptors (Lipinski definition) is 4. The summed E-state index contributed by atoms with van der Waals surface area (Å²) in [5, 5.41) is 11.6. The molecule has 6 heteroatoms. The Hall–Kier alpha value is -1.53. The molecular weight excluding hydrogens is 290 g/mol. The van der Waals surface area contributed by atoms with Crippen LogP contribution in [-0.4, -0.2) is 42.2 Å². The van der Waals surface area contributed by atoms with Crippen molar-refractivity contribution in [3.8, 4) is 0 Å². The zero-order valence-electron chi connectivity index (χ0n) is 12.3. The number of carboxylic acid groups (broad SMARTS) is 1. The van der Waals surface area contributed by atoms with Crippen LogP contribution in [0, 0.1) is 0 Å². The van der Waals surface area contributed by atoms with Gasteiger partial charge in [-0.1, -0.05) is 19.1 Å². The van der Waals surface area contributed by atoms with Crippen molar-refractivity contribution in [2.75, 3.05) is 30.5 Å². The molecule has 1 rings (SSSR count). The monoisotopic (exact) mass is 311 g/mol. The Balaban J connectivity index is 2.43. The quantitative estimate of drug-likeness (QED) is 0.686. The van der Waals surface area contributed by atoms with Crippen molar-refractivity contribution in [2.24, 2.45) is 0 Å². The maximum Gasteiger partial charge on any atom is 0.303 e. The highest BCUT2D eigenvalue weighted by molar-refractivity contribution is 7.99. The average Bonchev–Trinajstić information content (AvgIpc) is 2.43. The third-order valence-corrected chi connectivity index (χ3v) is 3.83. The van der Waals surface area contributed by atoms with Crippen LogP contribution in [0.3, 0.4) is 0 Å². The lowest BCUT2D eigenvalue weighted by atomic mass is 9.98. The highest BCUT2D eigenvalue weighted by Gasteiger charge is 2.10. The summed E-state index contributed by atoms with van der Waals surface area (Å²) >= 11 is 1.52. The zero-order valence-corrected chi connectivity index (χ0v) is 13.1. The van der Waals surface area contributed by atoms with E-state index in [0.29, 0.717) is 12.4 Å². The molecule has 0 radical (unpaired) electrons. The fourth-order valence-electron chi connectivity index (χ4n) is 1.78. The number of thioether (sulfide) groups is 1. The van der Waals surface area contributed by atoms with Crippen LogP contribution in [0.15, 0.2) is 24.3 Å². The molecule has 0 spiro atoms. The first kappa shape index (κ1) is 17.5. The van der Waals surface area contributed by atoms with Gasteiger partial charge in [0, 0.05) is 18.6 Å². The molecule has 1 amide bonds. The number of aliphatic carboxylic acids is 1. The SMILES string of the molecule is COCCSCC(=O)Nc1ccc(C(C)CC(=O)O)cc1. The molecule has 1 unspecified atom stereocenters. The predicted molar refractivity (Wildman–Crippen MR) is 84.9 cm³/mol. The minimum absolute atomic E-state index is 0.0446. The summed E-state index contributed by atoms with van der Waals surface area (Å²) in [6.45, 7) is 2.50. The van der Waals surface area contributed by atoms with Crippen LogP contribution in [0.1, 0.15) is 24.8 Å². The number of carbonyl (C=O) groups is 2. The van der Waals surface area contributed by atoms with Gasteiger partial charge < -0.3 is 15.2 Å². The molecule has 2 N–H and O–H groups in total. The molecule has 0 heterocycles. The van der Waals surface area contributed by atoms with Crippen molar-refractivity contribution >= 4 is 29.3 Å². The van der Waals surface area contributed by atoms with E-state index in [0.717, 1.165) is 17.0 Å². The van der Waals surface area contributed by atoms with Gasteiger partial charge in [0.15, 0.2) is 0 Å². The molecular formula is C15H21NO4S. The first-order chi connectivity index (χ1) is 10.0. The minimum atomic E-state index is -0.812. The van der Waals surface area contributed by atoms with Gasteiger partial charge in [-0.05, 0) is 23.6 Å². The summed E-state index contributed by atoms with van der Waals surface area (Å²) in [7, 11) is 1.63. The standard InChI is InChI=1S/C15H21NO4S/c1-11(9-15(18)19)12-3-5-13(6-4-12)16-14(17)10-21-8-7-20-2/h3-6,11H,7-10H2,1-2H3,(H,16,17)(H,18,19). The van der Waals surface area contributed by atoms with Crippen molar-refractivity contribution in [1.29, 1.82) is 0 Å². The Morgan fingerprint density at radius 3 is 2.57 bits per heavy atom. The first-order valence-electron chi connectivity index (χ1n) is 6.71. The number of methoxy groups -OCH3 is 1. The molecule has 0 saturated heterocycles. The lowest BCUT2D eigenvalue weighted by molar-refractivity contribution is -0.137. The fraction of sp³-hybridized carbons (Fsp3) is 0.467. The van der Waals surface area contributed by atoms with Gasteiger partial charge in [0.05, 0.1) is 18.8 Å². The molecule has 0 bridgehead atoms. The van der Waals surface area contributed by atoms with Crippen LogP contribution < -0.4 is 5.32 Å². The number of amides is 1. The van der Waals surface area contributed by atoms with E-state index in [9.17, 15) is 9.59 Å². The smallest absolute Gasteiger partial charge is 0.303 e. The minimum Gasteiger partial charge on any atom is -0.481 e. The molecule has 1 aromatic carbocycles. The van der Waals surface area contributed by atoms with Gasteiger partial charge >= 0.3 is 5.97 Å². The Morgan fingerprint density at radius 2 is 2.00 bits per heavy atom. The number of anilines is 1. The van der Waals surface area contributed by atoms with Crippen LogP contribution in [-0.2, 0) is 14.3 Å². The van der Waals surface area contributed by atoms with Crippen molar-refractivity contribution in [1.82, 2.24) is 0 Å². The fourth-order valence-corrected chi connectivity index (χ4v) is 2.47.